The van der Waals surface area contributed by atoms with Gasteiger partial charge in [0.05, 0.1) is 24.3 Å². The number of nitrogens with zero attached hydrogens (tertiary/aromatic N) is 1. The van der Waals surface area contributed by atoms with Gasteiger partial charge >= 0.3 is 0 Å². The first kappa shape index (κ1) is 22.4. The van der Waals surface area contributed by atoms with Gasteiger partial charge in [0, 0.05) is 13.2 Å². The predicted molar refractivity (Wildman–Crippen MR) is 96.1 cm³/mol. The van der Waals surface area contributed by atoms with Gasteiger partial charge in [0.2, 0.25) is 0 Å². The number of rotatable bonds is 13. The average molecular weight is 375 g/mol. The highest BCUT2D eigenvalue weighted by molar-refractivity contribution is 7.85. The lowest BCUT2D eigenvalue weighted by molar-refractivity contribution is -0.162. The van der Waals surface area contributed by atoms with E-state index in [1.165, 1.54) is 6.42 Å². The van der Waals surface area contributed by atoms with E-state index >= 15 is 0 Å². The minimum Gasteiger partial charge on any atom is -0.353 e. The van der Waals surface area contributed by atoms with E-state index in [0.717, 1.165) is 70.8 Å². The highest BCUT2D eigenvalue weighted by Crippen LogP contribution is 2.24. The Morgan fingerprint density at radius 3 is 2.48 bits per heavy atom. The standard InChI is InChI=1S/C18H32NO5S/c1-18(15-19,16-24-25(2,20)21)12-8-5-3-4-6-9-13-22-17-11-7-10-14-23-17/h17H,1,3-14,16H2,2H3. The van der Waals surface area contributed by atoms with Gasteiger partial charge in [-0.25, -0.2) is 0 Å². The molecule has 0 saturated carbocycles. The van der Waals surface area contributed by atoms with Crippen LogP contribution in [0.4, 0.5) is 0 Å². The Labute approximate surface area is 153 Å². The maximum atomic E-state index is 11.0. The van der Waals surface area contributed by atoms with Crippen LogP contribution >= 0.6 is 0 Å². The molecular weight excluding hydrogens is 342 g/mol. The highest BCUT2D eigenvalue weighted by atomic mass is 32.2. The number of nitriles is 1. The Bertz CT molecular complexity index is 496. The Balaban J connectivity index is 1.98. The molecule has 2 unspecified atom stereocenters. The third-order valence-corrected chi connectivity index (χ3v) is 4.82. The first-order valence-electron chi connectivity index (χ1n) is 9.19. The lowest BCUT2D eigenvalue weighted by atomic mass is 9.87. The molecule has 1 heterocycles. The van der Waals surface area contributed by atoms with E-state index in [-0.39, 0.29) is 12.9 Å². The van der Waals surface area contributed by atoms with E-state index in [0.29, 0.717) is 6.42 Å². The second kappa shape index (κ2) is 11.8. The minimum absolute atomic E-state index is 0.000868. The van der Waals surface area contributed by atoms with Crippen molar-refractivity contribution in [1.82, 2.24) is 0 Å². The van der Waals surface area contributed by atoms with Crippen LogP contribution in [0, 0.1) is 23.7 Å². The number of unbranched alkanes of at least 4 members (excludes halogenated alkanes) is 5. The van der Waals surface area contributed by atoms with Gasteiger partial charge in [-0.05, 0) is 39.0 Å². The molecule has 0 spiro atoms. The largest absolute Gasteiger partial charge is 0.353 e. The fraction of sp³-hybridized carbons (Fsp3) is 0.889. The van der Waals surface area contributed by atoms with Crippen molar-refractivity contribution in [2.24, 2.45) is 5.41 Å². The van der Waals surface area contributed by atoms with Gasteiger partial charge in [0.15, 0.2) is 6.29 Å². The molecule has 1 radical (unpaired) electrons. The first-order valence-corrected chi connectivity index (χ1v) is 11.0. The van der Waals surface area contributed by atoms with E-state index in [1.54, 1.807) is 0 Å². The van der Waals surface area contributed by atoms with Gasteiger partial charge < -0.3 is 9.47 Å². The number of hydrogen-bond acceptors (Lipinski definition) is 6. The SMILES string of the molecule is [CH2]C(C#N)(CCCCCCCCOC1CCCCO1)COS(C)(=O)=O. The van der Waals surface area contributed by atoms with Gasteiger partial charge in [0.1, 0.15) is 0 Å². The van der Waals surface area contributed by atoms with Gasteiger partial charge in [-0.15, -0.1) is 0 Å². The van der Waals surface area contributed by atoms with Crippen molar-refractivity contribution in [1.29, 1.82) is 5.26 Å². The molecule has 1 aliphatic rings. The van der Waals surface area contributed by atoms with E-state index in [4.69, 9.17) is 13.7 Å². The zero-order valence-electron chi connectivity index (χ0n) is 15.4. The van der Waals surface area contributed by atoms with E-state index < -0.39 is 15.5 Å². The molecular formula is C18H32NO5S. The lowest BCUT2D eigenvalue weighted by Crippen LogP contribution is -2.23. The van der Waals surface area contributed by atoms with Crippen LogP contribution in [0.1, 0.15) is 64.2 Å². The molecule has 1 aliphatic heterocycles. The van der Waals surface area contributed by atoms with Crippen molar-refractivity contribution in [2.75, 3.05) is 26.1 Å². The molecule has 0 amide bonds. The monoisotopic (exact) mass is 374 g/mol. The second-order valence-corrected chi connectivity index (χ2v) is 8.54. The Morgan fingerprint density at radius 1 is 1.20 bits per heavy atom. The van der Waals surface area contributed by atoms with Gasteiger partial charge in [-0.1, -0.05) is 32.1 Å². The molecule has 0 N–H and O–H groups in total. The van der Waals surface area contributed by atoms with Crippen molar-refractivity contribution in [3.8, 4) is 6.07 Å². The van der Waals surface area contributed by atoms with Crippen molar-refractivity contribution in [3.63, 3.8) is 0 Å². The van der Waals surface area contributed by atoms with Crippen LogP contribution in [-0.2, 0) is 23.8 Å². The molecule has 2 atom stereocenters. The molecule has 6 nitrogen and oxygen atoms in total. The summed E-state index contributed by atoms with van der Waals surface area (Å²) >= 11 is 0. The van der Waals surface area contributed by atoms with E-state index in [2.05, 4.69) is 13.0 Å². The Kier molecular flexibility index (Phi) is 10.6. The first-order chi connectivity index (χ1) is 11.8. The van der Waals surface area contributed by atoms with Crippen molar-refractivity contribution in [3.05, 3.63) is 6.92 Å². The summed E-state index contributed by atoms with van der Waals surface area (Å²) < 4.78 is 38.0. The molecule has 25 heavy (non-hydrogen) atoms. The lowest BCUT2D eigenvalue weighted by Gasteiger charge is -2.22. The van der Waals surface area contributed by atoms with Gasteiger partial charge in [-0.3, -0.25) is 4.18 Å². The van der Waals surface area contributed by atoms with Crippen molar-refractivity contribution >= 4 is 10.1 Å². The van der Waals surface area contributed by atoms with E-state index in [9.17, 15) is 13.7 Å². The topological polar surface area (TPSA) is 85.6 Å². The molecule has 0 aromatic rings. The minimum atomic E-state index is -3.54. The summed E-state index contributed by atoms with van der Waals surface area (Å²) in [6.07, 6.45) is 11.1. The van der Waals surface area contributed by atoms with Crippen molar-refractivity contribution < 1.29 is 22.1 Å². The zero-order valence-corrected chi connectivity index (χ0v) is 16.2. The zero-order chi connectivity index (χ0) is 18.6. The molecule has 1 saturated heterocycles. The maximum Gasteiger partial charge on any atom is 0.264 e. The number of hydrogen-bond donors (Lipinski definition) is 0. The van der Waals surface area contributed by atoms with Crippen LogP contribution in [0.2, 0.25) is 0 Å². The van der Waals surface area contributed by atoms with Crippen LogP contribution in [0.25, 0.3) is 0 Å². The Hall–Kier alpha value is -0.680. The summed E-state index contributed by atoms with van der Waals surface area (Å²) in [5.74, 6) is 0. The van der Waals surface area contributed by atoms with Crippen LogP contribution in [0.15, 0.2) is 0 Å². The molecule has 0 aromatic carbocycles. The second-order valence-electron chi connectivity index (χ2n) is 6.90. The molecule has 7 heteroatoms. The summed E-state index contributed by atoms with van der Waals surface area (Å²) in [5, 5.41) is 9.18. The van der Waals surface area contributed by atoms with E-state index in [1.807, 2.05) is 0 Å². The molecule has 0 aliphatic carbocycles. The molecule has 1 rings (SSSR count). The van der Waals surface area contributed by atoms with Crippen LogP contribution in [0.5, 0.6) is 0 Å². The van der Waals surface area contributed by atoms with Gasteiger partial charge in [-0.2, -0.15) is 13.7 Å². The van der Waals surface area contributed by atoms with Gasteiger partial charge in [0.25, 0.3) is 10.1 Å². The Morgan fingerprint density at radius 2 is 1.88 bits per heavy atom. The fourth-order valence-electron chi connectivity index (χ4n) is 2.71. The maximum absolute atomic E-state index is 11.0. The third-order valence-electron chi connectivity index (χ3n) is 4.28. The summed E-state index contributed by atoms with van der Waals surface area (Å²) in [4.78, 5) is 0. The summed E-state index contributed by atoms with van der Waals surface area (Å²) in [6, 6.07) is 2.07. The third kappa shape index (κ3) is 11.5. The quantitative estimate of drug-likeness (QED) is 0.362. The van der Waals surface area contributed by atoms with Crippen LogP contribution in [0.3, 0.4) is 0 Å². The number of ether oxygens (including phenoxy) is 2. The summed E-state index contributed by atoms with van der Waals surface area (Å²) in [7, 11) is -3.54. The fourth-order valence-corrected chi connectivity index (χ4v) is 3.15. The smallest absolute Gasteiger partial charge is 0.264 e. The normalized spacial score (nSPS) is 20.8. The predicted octanol–water partition coefficient (Wildman–Crippen LogP) is 3.58. The highest BCUT2D eigenvalue weighted by Gasteiger charge is 2.26. The van der Waals surface area contributed by atoms with Crippen LogP contribution < -0.4 is 0 Å². The molecule has 0 aromatic heterocycles. The summed E-state index contributed by atoms with van der Waals surface area (Å²) in [6.45, 7) is 5.21. The summed E-state index contributed by atoms with van der Waals surface area (Å²) in [5.41, 5.74) is -0.989. The van der Waals surface area contributed by atoms with Crippen molar-refractivity contribution in [2.45, 2.75) is 70.5 Å². The average Bonchev–Trinajstić information content (AvgIpc) is 2.59. The van der Waals surface area contributed by atoms with Crippen LogP contribution in [-0.4, -0.2) is 40.8 Å². The molecule has 0 bridgehead atoms. The molecule has 145 valence electrons. The molecule has 1 fully saturated rings.